The zero-order valence-corrected chi connectivity index (χ0v) is 17.4. The zero-order chi connectivity index (χ0) is 20.4. The van der Waals surface area contributed by atoms with Crippen LogP contribution in [0, 0.1) is 13.8 Å². The molecule has 29 heavy (non-hydrogen) atoms. The van der Waals surface area contributed by atoms with Gasteiger partial charge in [-0.15, -0.1) is 0 Å². The summed E-state index contributed by atoms with van der Waals surface area (Å²) in [5.74, 6) is 1.46. The van der Waals surface area contributed by atoms with E-state index < -0.39 is 0 Å². The summed E-state index contributed by atoms with van der Waals surface area (Å²) >= 11 is 0. The Labute approximate surface area is 172 Å². The van der Waals surface area contributed by atoms with Crippen LogP contribution in [-0.2, 0) is 4.79 Å². The van der Waals surface area contributed by atoms with Crippen molar-refractivity contribution in [2.75, 3.05) is 32.1 Å². The number of fused-ring (bicyclic) bond motifs is 1. The zero-order valence-electron chi connectivity index (χ0n) is 17.4. The second-order valence-corrected chi connectivity index (χ2v) is 8.13. The molecule has 152 valence electrons. The van der Waals surface area contributed by atoms with Gasteiger partial charge < -0.3 is 15.0 Å². The number of rotatable bonds is 5. The molecule has 1 fully saturated rings. The molecule has 1 aliphatic heterocycles. The highest BCUT2D eigenvalue weighted by Gasteiger charge is 2.24. The number of amides is 1. The minimum Gasteiger partial charge on any atom is -0.497 e. The topological polar surface area (TPSA) is 57.4 Å². The van der Waals surface area contributed by atoms with Crippen molar-refractivity contribution >= 4 is 22.5 Å². The third kappa shape index (κ3) is 4.46. The Balaban J connectivity index is 1.35. The Bertz CT molecular complexity index is 996. The number of aryl methyl sites for hydroxylation is 2. The molecule has 1 aliphatic rings. The highest BCUT2D eigenvalue weighted by Crippen LogP contribution is 2.34. The van der Waals surface area contributed by atoms with Gasteiger partial charge in [-0.1, -0.05) is 6.07 Å². The van der Waals surface area contributed by atoms with Crippen LogP contribution in [0.3, 0.4) is 0 Å². The molecule has 0 saturated carbocycles. The molecule has 5 nitrogen and oxygen atoms in total. The van der Waals surface area contributed by atoms with E-state index in [1.165, 1.54) is 10.9 Å². The van der Waals surface area contributed by atoms with Crippen LogP contribution in [0.1, 0.15) is 35.4 Å². The molecule has 1 amide bonds. The molecule has 0 spiro atoms. The molecular weight excluding hydrogens is 362 g/mol. The maximum atomic E-state index is 12.5. The number of hydrogen-bond acceptors (Lipinski definition) is 3. The monoisotopic (exact) mass is 391 g/mol. The van der Waals surface area contributed by atoms with Crippen molar-refractivity contribution in [1.82, 2.24) is 9.88 Å². The molecule has 2 heterocycles. The van der Waals surface area contributed by atoms with Crippen molar-refractivity contribution in [3.05, 3.63) is 59.3 Å². The smallest absolute Gasteiger partial charge is 0.238 e. The van der Waals surface area contributed by atoms with E-state index in [0.717, 1.165) is 54.0 Å². The van der Waals surface area contributed by atoms with Crippen LogP contribution >= 0.6 is 0 Å². The van der Waals surface area contributed by atoms with Crippen LogP contribution in [0.2, 0.25) is 0 Å². The number of anilines is 1. The standard InChI is InChI=1S/C24H29N3O2/c1-16-10-17(2)12-19(11-16)26-24(28)15-27-8-6-18(7-9-27)22-14-25-23-5-4-20(29-3)13-21(22)23/h4-5,10-14,18,25H,6-9,15H2,1-3H3,(H,26,28). The first-order valence-corrected chi connectivity index (χ1v) is 10.3. The Morgan fingerprint density at radius 2 is 1.86 bits per heavy atom. The second kappa shape index (κ2) is 8.29. The number of aromatic amines is 1. The number of ether oxygens (including phenoxy) is 1. The number of piperidine rings is 1. The molecule has 2 aromatic carbocycles. The van der Waals surface area contributed by atoms with Crippen molar-refractivity contribution < 1.29 is 9.53 Å². The third-order valence-electron chi connectivity index (χ3n) is 5.82. The first-order chi connectivity index (χ1) is 14.0. The van der Waals surface area contributed by atoms with Gasteiger partial charge in [0.15, 0.2) is 0 Å². The minimum atomic E-state index is 0.0604. The maximum Gasteiger partial charge on any atom is 0.238 e. The van der Waals surface area contributed by atoms with Crippen LogP contribution in [0.5, 0.6) is 5.75 Å². The first-order valence-electron chi connectivity index (χ1n) is 10.3. The lowest BCUT2D eigenvalue weighted by Gasteiger charge is -2.31. The van der Waals surface area contributed by atoms with Crippen LogP contribution in [0.15, 0.2) is 42.6 Å². The first kappa shape index (κ1) is 19.5. The van der Waals surface area contributed by atoms with Gasteiger partial charge in [-0.2, -0.15) is 0 Å². The fraction of sp³-hybridized carbons (Fsp3) is 0.375. The maximum absolute atomic E-state index is 12.5. The second-order valence-electron chi connectivity index (χ2n) is 8.13. The molecule has 0 unspecified atom stereocenters. The van der Waals surface area contributed by atoms with Crippen LogP contribution in [-0.4, -0.2) is 42.5 Å². The molecule has 3 aromatic rings. The summed E-state index contributed by atoms with van der Waals surface area (Å²) in [6, 6.07) is 12.3. The molecule has 0 atom stereocenters. The number of nitrogens with zero attached hydrogens (tertiary/aromatic N) is 1. The van der Waals surface area contributed by atoms with Gasteiger partial charge in [0.2, 0.25) is 5.91 Å². The van der Waals surface area contributed by atoms with E-state index >= 15 is 0 Å². The van der Waals surface area contributed by atoms with Crippen molar-refractivity contribution in [3.8, 4) is 5.75 Å². The molecule has 0 aliphatic carbocycles. The lowest BCUT2D eigenvalue weighted by atomic mass is 9.89. The molecule has 2 N–H and O–H groups in total. The normalized spacial score (nSPS) is 15.6. The number of aromatic nitrogens is 1. The molecule has 1 saturated heterocycles. The van der Waals surface area contributed by atoms with Crippen LogP contribution < -0.4 is 10.1 Å². The van der Waals surface area contributed by atoms with Gasteiger partial charge >= 0.3 is 0 Å². The SMILES string of the molecule is COc1ccc2[nH]cc(C3CCN(CC(=O)Nc4cc(C)cc(C)c4)CC3)c2c1. The Morgan fingerprint density at radius 3 is 2.55 bits per heavy atom. The average molecular weight is 392 g/mol. The number of hydrogen-bond donors (Lipinski definition) is 2. The van der Waals surface area contributed by atoms with Crippen molar-refractivity contribution in [2.24, 2.45) is 0 Å². The summed E-state index contributed by atoms with van der Waals surface area (Å²) in [6.45, 7) is 6.41. The Hall–Kier alpha value is -2.79. The number of H-pyrrole nitrogens is 1. The number of methoxy groups -OCH3 is 1. The van der Waals surface area contributed by atoms with E-state index in [-0.39, 0.29) is 5.91 Å². The van der Waals surface area contributed by atoms with E-state index in [9.17, 15) is 4.79 Å². The minimum absolute atomic E-state index is 0.0604. The predicted molar refractivity (Wildman–Crippen MR) is 118 cm³/mol. The lowest BCUT2D eigenvalue weighted by Crippen LogP contribution is -2.38. The van der Waals surface area contributed by atoms with Gasteiger partial charge in [0, 0.05) is 22.8 Å². The number of carbonyl (C=O) groups excluding carboxylic acids is 1. The van der Waals surface area contributed by atoms with Gasteiger partial charge in [0.05, 0.1) is 13.7 Å². The Kier molecular flexibility index (Phi) is 5.58. The van der Waals surface area contributed by atoms with Crippen LogP contribution in [0.4, 0.5) is 5.69 Å². The number of likely N-dealkylation sites (tertiary alicyclic amines) is 1. The lowest BCUT2D eigenvalue weighted by molar-refractivity contribution is -0.117. The number of benzene rings is 2. The van der Waals surface area contributed by atoms with Gasteiger partial charge in [-0.25, -0.2) is 0 Å². The summed E-state index contributed by atoms with van der Waals surface area (Å²) in [4.78, 5) is 18.1. The van der Waals surface area contributed by atoms with E-state index in [4.69, 9.17) is 4.74 Å². The van der Waals surface area contributed by atoms with E-state index in [1.54, 1.807) is 7.11 Å². The van der Waals surface area contributed by atoms with Gasteiger partial charge in [0.25, 0.3) is 0 Å². The summed E-state index contributed by atoms with van der Waals surface area (Å²) in [5.41, 5.74) is 5.72. The van der Waals surface area contributed by atoms with Gasteiger partial charge in [-0.3, -0.25) is 9.69 Å². The largest absolute Gasteiger partial charge is 0.497 e. The van der Waals surface area contributed by atoms with E-state index in [2.05, 4.69) is 39.6 Å². The molecule has 1 aromatic heterocycles. The predicted octanol–water partition coefficient (Wildman–Crippen LogP) is 4.61. The molecule has 4 rings (SSSR count). The summed E-state index contributed by atoms with van der Waals surface area (Å²) < 4.78 is 5.39. The molecule has 0 bridgehead atoms. The Morgan fingerprint density at radius 1 is 1.14 bits per heavy atom. The highest BCUT2D eigenvalue weighted by molar-refractivity contribution is 5.92. The van der Waals surface area contributed by atoms with Gasteiger partial charge in [0.1, 0.15) is 5.75 Å². The highest BCUT2D eigenvalue weighted by atomic mass is 16.5. The van der Waals surface area contributed by atoms with E-state index in [1.807, 2.05) is 32.0 Å². The molecule has 5 heteroatoms. The fourth-order valence-electron chi connectivity index (χ4n) is 4.44. The number of nitrogens with one attached hydrogen (secondary N) is 2. The molecule has 0 radical (unpaired) electrons. The fourth-order valence-corrected chi connectivity index (χ4v) is 4.44. The quantitative estimate of drug-likeness (QED) is 0.668. The third-order valence-corrected chi connectivity index (χ3v) is 5.82. The van der Waals surface area contributed by atoms with Crippen molar-refractivity contribution in [3.63, 3.8) is 0 Å². The van der Waals surface area contributed by atoms with Crippen LogP contribution in [0.25, 0.3) is 10.9 Å². The number of carbonyl (C=O) groups is 1. The summed E-state index contributed by atoms with van der Waals surface area (Å²) in [7, 11) is 1.70. The van der Waals surface area contributed by atoms with Crippen molar-refractivity contribution in [2.45, 2.75) is 32.6 Å². The summed E-state index contributed by atoms with van der Waals surface area (Å²) in [5, 5.41) is 4.29. The summed E-state index contributed by atoms with van der Waals surface area (Å²) in [6.07, 6.45) is 4.25. The average Bonchev–Trinajstić information content (AvgIpc) is 3.10. The van der Waals surface area contributed by atoms with E-state index in [0.29, 0.717) is 12.5 Å². The molecular formula is C24H29N3O2. The van der Waals surface area contributed by atoms with Crippen molar-refractivity contribution in [1.29, 1.82) is 0 Å². The van der Waals surface area contributed by atoms with Gasteiger partial charge in [-0.05, 0) is 92.7 Å².